The lowest BCUT2D eigenvalue weighted by atomic mass is 10.1. The van der Waals surface area contributed by atoms with Crippen LogP contribution in [0.15, 0.2) is 42.5 Å². The number of ether oxygens (including phenoxy) is 1. The maximum absolute atomic E-state index is 6.32. The Hall–Kier alpha value is -1.51. The molecule has 110 valence electrons. The number of halogens is 1. The molecule has 3 heteroatoms. The van der Waals surface area contributed by atoms with Gasteiger partial charge in [0.1, 0.15) is 12.4 Å². The molecular weight excluding hydrogens is 282 g/mol. The van der Waals surface area contributed by atoms with Crippen LogP contribution in [0, 0.1) is 6.92 Å². The first-order valence-electron chi connectivity index (χ1n) is 7.41. The van der Waals surface area contributed by atoms with Gasteiger partial charge in [-0.25, -0.2) is 0 Å². The van der Waals surface area contributed by atoms with Crippen LogP contribution >= 0.6 is 11.6 Å². The van der Waals surface area contributed by atoms with Crippen molar-refractivity contribution in [2.24, 2.45) is 0 Å². The van der Waals surface area contributed by atoms with Gasteiger partial charge in [0.25, 0.3) is 0 Å². The smallest absolute Gasteiger partial charge is 0.125 e. The monoisotopic (exact) mass is 301 g/mol. The maximum atomic E-state index is 6.32. The average Bonchev–Trinajstić information content (AvgIpc) is 3.30. The van der Waals surface area contributed by atoms with E-state index in [0.29, 0.717) is 12.6 Å². The van der Waals surface area contributed by atoms with Crippen molar-refractivity contribution in [3.05, 3.63) is 64.2 Å². The van der Waals surface area contributed by atoms with E-state index in [2.05, 4.69) is 36.5 Å². The molecule has 1 saturated carbocycles. The average molecular weight is 302 g/mol. The Labute approximate surface area is 131 Å². The summed E-state index contributed by atoms with van der Waals surface area (Å²) in [7, 11) is 0. The summed E-state index contributed by atoms with van der Waals surface area (Å²) in [6.07, 6.45) is 2.54. The summed E-state index contributed by atoms with van der Waals surface area (Å²) < 4.78 is 5.97. The first-order chi connectivity index (χ1) is 10.2. The highest BCUT2D eigenvalue weighted by Gasteiger charge is 2.21. The molecule has 2 nitrogen and oxygen atoms in total. The minimum atomic E-state index is 0.567. The first-order valence-corrected chi connectivity index (χ1v) is 7.79. The summed E-state index contributed by atoms with van der Waals surface area (Å²) in [5.41, 5.74) is 3.48. The van der Waals surface area contributed by atoms with Crippen LogP contribution in [0.5, 0.6) is 5.75 Å². The standard InChI is InChI=1S/C18H20ClNO/c1-13-5-7-14(8-6-13)12-21-18-4-2-3-17(19)16(18)11-20-15-9-10-15/h2-8,15,20H,9-12H2,1H3. The first kappa shape index (κ1) is 14.4. The van der Waals surface area contributed by atoms with Crippen LogP contribution < -0.4 is 10.1 Å². The minimum Gasteiger partial charge on any atom is -0.489 e. The molecule has 1 fully saturated rings. The molecule has 0 aliphatic heterocycles. The third-order valence-electron chi connectivity index (χ3n) is 3.74. The summed E-state index contributed by atoms with van der Waals surface area (Å²) in [6.45, 7) is 3.42. The van der Waals surface area contributed by atoms with Gasteiger partial charge < -0.3 is 10.1 Å². The van der Waals surface area contributed by atoms with Crippen molar-refractivity contribution in [2.75, 3.05) is 0 Å². The van der Waals surface area contributed by atoms with Crippen LogP contribution in [0.2, 0.25) is 5.02 Å². The van der Waals surface area contributed by atoms with E-state index in [0.717, 1.165) is 22.9 Å². The maximum Gasteiger partial charge on any atom is 0.125 e. The molecule has 0 radical (unpaired) electrons. The molecule has 0 heterocycles. The molecule has 0 unspecified atom stereocenters. The molecule has 2 aromatic carbocycles. The molecule has 0 saturated heterocycles. The number of benzene rings is 2. The Kier molecular flexibility index (Phi) is 4.47. The third-order valence-corrected chi connectivity index (χ3v) is 4.09. The Bertz CT molecular complexity index is 605. The molecule has 21 heavy (non-hydrogen) atoms. The third kappa shape index (κ3) is 3.99. The summed E-state index contributed by atoms with van der Waals surface area (Å²) in [5.74, 6) is 0.872. The van der Waals surface area contributed by atoms with E-state index in [4.69, 9.17) is 16.3 Å². The molecule has 1 aliphatic carbocycles. The van der Waals surface area contributed by atoms with Crippen molar-refractivity contribution < 1.29 is 4.74 Å². The Morgan fingerprint density at radius 1 is 1.14 bits per heavy atom. The van der Waals surface area contributed by atoms with E-state index in [1.807, 2.05) is 18.2 Å². The zero-order valence-corrected chi connectivity index (χ0v) is 13.0. The number of hydrogen-bond acceptors (Lipinski definition) is 2. The topological polar surface area (TPSA) is 21.3 Å². The molecule has 1 aliphatic rings. The number of aryl methyl sites for hydroxylation is 1. The Morgan fingerprint density at radius 3 is 2.62 bits per heavy atom. The van der Waals surface area contributed by atoms with Gasteiger partial charge in [-0.2, -0.15) is 0 Å². The van der Waals surface area contributed by atoms with E-state index in [1.54, 1.807) is 0 Å². The van der Waals surface area contributed by atoms with E-state index < -0.39 is 0 Å². The van der Waals surface area contributed by atoms with Crippen LogP contribution in [-0.4, -0.2) is 6.04 Å². The normalized spacial score (nSPS) is 14.2. The quantitative estimate of drug-likeness (QED) is 0.849. The van der Waals surface area contributed by atoms with Gasteiger partial charge >= 0.3 is 0 Å². The van der Waals surface area contributed by atoms with Crippen molar-refractivity contribution >= 4 is 11.6 Å². The van der Waals surface area contributed by atoms with Crippen molar-refractivity contribution in [1.82, 2.24) is 5.32 Å². The van der Waals surface area contributed by atoms with Crippen molar-refractivity contribution in [3.63, 3.8) is 0 Å². The molecule has 0 spiro atoms. The lowest BCUT2D eigenvalue weighted by Gasteiger charge is -2.14. The Balaban J connectivity index is 1.68. The molecule has 2 aromatic rings. The minimum absolute atomic E-state index is 0.567. The van der Waals surface area contributed by atoms with Gasteiger partial charge in [0.2, 0.25) is 0 Å². The lowest BCUT2D eigenvalue weighted by Crippen LogP contribution is -2.16. The molecule has 0 bridgehead atoms. The zero-order valence-electron chi connectivity index (χ0n) is 12.2. The highest BCUT2D eigenvalue weighted by Crippen LogP contribution is 2.28. The van der Waals surface area contributed by atoms with Crippen LogP contribution in [0.4, 0.5) is 0 Å². The molecular formula is C18H20ClNO. The van der Waals surface area contributed by atoms with E-state index in [9.17, 15) is 0 Å². The number of rotatable bonds is 6. The van der Waals surface area contributed by atoms with E-state index in [-0.39, 0.29) is 0 Å². The summed E-state index contributed by atoms with van der Waals surface area (Å²) in [4.78, 5) is 0. The fourth-order valence-electron chi connectivity index (χ4n) is 2.22. The van der Waals surface area contributed by atoms with Gasteiger partial charge in [0.05, 0.1) is 0 Å². The summed E-state index contributed by atoms with van der Waals surface area (Å²) in [5, 5.41) is 4.26. The molecule has 0 aromatic heterocycles. The predicted molar refractivity (Wildman–Crippen MR) is 86.8 cm³/mol. The van der Waals surface area contributed by atoms with Crippen LogP contribution in [0.3, 0.4) is 0 Å². The largest absolute Gasteiger partial charge is 0.489 e. The van der Waals surface area contributed by atoms with Gasteiger partial charge in [-0.05, 0) is 37.5 Å². The fraction of sp³-hybridized carbons (Fsp3) is 0.333. The van der Waals surface area contributed by atoms with Crippen molar-refractivity contribution in [3.8, 4) is 5.75 Å². The molecule has 1 N–H and O–H groups in total. The zero-order chi connectivity index (χ0) is 14.7. The van der Waals surface area contributed by atoms with Gasteiger partial charge in [0, 0.05) is 23.2 Å². The van der Waals surface area contributed by atoms with Crippen molar-refractivity contribution in [2.45, 2.75) is 39.0 Å². The predicted octanol–water partition coefficient (Wildman–Crippen LogP) is 4.48. The second-order valence-electron chi connectivity index (χ2n) is 5.65. The highest BCUT2D eigenvalue weighted by atomic mass is 35.5. The van der Waals surface area contributed by atoms with Crippen LogP contribution in [0.1, 0.15) is 29.5 Å². The highest BCUT2D eigenvalue weighted by molar-refractivity contribution is 6.31. The lowest BCUT2D eigenvalue weighted by molar-refractivity contribution is 0.302. The van der Waals surface area contributed by atoms with E-state index >= 15 is 0 Å². The number of hydrogen-bond donors (Lipinski definition) is 1. The van der Waals surface area contributed by atoms with E-state index in [1.165, 1.54) is 24.0 Å². The van der Waals surface area contributed by atoms with Crippen LogP contribution in [0.25, 0.3) is 0 Å². The molecule has 3 rings (SSSR count). The summed E-state index contributed by atoms with van der Waals surface area (Å²) >= 11 is 6.32. The van der Waals surface area contributed by atoms with Gasteiger partial charge in [-0.3, -0.25) is 0 Å². The second-order valence-corrected chi connectivity index (χ2v) is 6.05. The van der Waals surface area contributed by atoms with Gasteiger partial charge in [-0.15, -0.1) is 0 Å². The SMILES string of the molecule is Cc1ccc(COc2cccc(Cl)c2CNC2CC2)cc1. The number of nitrogens with one attached hydrogen (secondary N) is 1. The van der Waals surface area contributed by atoms with Gasteiger partial charge in [-0.1, -0.05) is 47.5 Å². The Morgan fingerprint density at radius 2 is 1.90 bits per heavy atom. The summed E-state index contributed by atoms with van der Waals surface area (Å²) in [6, 6.07) is 14.9. The fourth-order valence-corrected chi connectivity index (χ4v) is 2.46. The molecule has 0 atom stereocenters. The molecule has 0 amide bonds. The van der Waals surface area contributed by atoms with Crippen LogP contribution in [-0.2, 0) is 13.2 Å². The van der Waals surface area contributed by atoms with Gasteiger partial charge in [0.15, 0.2) is 0 Å². The van der Waals surface area contributed by atoms with Crippen molar-refractivity contribution in [1.29, 1.82) is 0 Å². The second kappa shape index (κ2) is 6.50.